The SMILES string of the molecule is CCn1ncc(Cn2cc(NC(=S)NC)cn2)c1C. The number of aromatic nitrogens is 4. The van der Waals surface area contributed by atoms with Gasteiger partial charge in [-0.05, 0) is 26.1 Å². The highest BCUT2D eigenvalue weighted by Crippen LogP contribution is 2.11. The number of hydrogen-bond donors (Lipinski definition) is 2. The second kappa shape index (κ2) is 5.83. The minimum absolute atomic E-state index is 0.578. The fraction of sp³-hybridized carbons (Fsp3) is 0.417. The quantitative estimate of drug-likeness (QED) is 0.827. The topological polar surface area (TPSA) is 59.7 Å². The van der Waals surface area contributed by atoms with Crippen LogP contribution in [-0.4, -0.2) is 31.7 Å². The molecule has 2 aromatic heterocycles. The van der Waals surface area contributed by atoms with Crippen molar-refractivity contribution in [3.05, 3.63) is 29.8 Å². The molecule has 0 aromatic carbocycles. The lowest BCUT2D eigenvalue weighted by Crippen LogP contribution is -2.23. The summed E-state index contributed by atoms with van der Waals surface area (Å²) in [5, 5.41) is 15.1. The second-order valence-electron chi connectivity index (χ2n) is 4.20. The van der Waals surface area contributed by atoms with Gasteiger partial charge in [-0.25, -0.2) is 0 Å². The lowest BCUT2D eigenvalue weighted by Gasteiger charge is -2.04. The molecule has 0 aliphatic heterocycles. The van der Waals surface area contributed by atoms with Gasteiger partial charge < -0.3 is 10.6 Å². The number of thiocarbonyl (C=S) groups is 1. The minimum atomic E-state index is 0.578. The third kappa shape index (κ3) is 3.11. The second-order valence-corrected chi connectivity index (χ2v) is 4.61. The van der Waals surface area contributed by atoms with E-state index < -0.39 is 0 Å². The van der Waals surface area contributed by atoms with Crippen LogP contribution in [0, 0.1) is 6.92 Å². The molecule has 0 amide bonds. The largest absolute Gasteiger partial charge is 0.366 e. The van der Waals surface area contributed by atoms with Crippen LogP contribution in [0.4, 0.5) is 5.69 Å². The summed E-state index contributed by atoms with van der Waals surface area (Å²) >= 11 is 5.04. The minimum Gasteiger partial charge on any atom is -0.366 e. The van der Waals surface area contributed by atoms with Crippen molar-refractivity contribution in [2.24, 2.45) is 0 Å². The van der Waals surface area contributed by atoms with E-state index in [1.165, 1.54) is 11.3 Å². The third-order valence-electron chi connectivity index (χ3n) is 2.95. The van der Waals surface area contributed by atoms with Gasteiger partial charge in [0.2, 0.25) is 0 Å². The first-order chi connectivity index (χ1) is 9.13. The van der Waals surface area contributed by atoms with Crippen LogP contribution in [0.3, 0.4) is 0 Å². The van der Waals surface area contributed by atoms with Crippen molar-refractivity contribution in [2.75, 3.05) is 12.4 Å². The molecule has 2 aromatic rings. The first-order valence-corrected chi connectivity index (χ1v) is 6.57. The van der Waals surface area contributed by atoms with Crippen molar-refractivity contribution in [1.82, 2.24) is 24.9 Å². The molecular formula is C12H18N6S. The number of aryl methyl sites for hydroxylation is 1. The summed E-state index contributed by atoms with van der Waals surface area (Å²) in [6, 6.07) is 0. The van der Waals surface area contributed by atoms with Crippen molar-refractivity contribution < 1.29 is 0 Å². The van der Waals surface area contributed by atoms with Gasteiger partial charge in [-0.1, -0.05) is 0 Å². The van der Waals surface area contributed by atoms with Crippen LogP contribution >= 0.6 is 12.2 Å². The zero-order valence-corrected chi connectivity index (χ0v) is 12.2. The number of rotatable bonds is 4. The van der Waals surface area contributed by atoms with Crippen LogP contribution in [0.1, 0.15) is 18.2 Å². The Morgan fingerprint density at radius 2 is 2.16 bits per heavy atom. The Kier molecular flexibility index (Phi) is 4.16. The monoisotopic (exact) mass is 278 g/mol. The molecule has 7 heteroatoms. The van der Waals surface area contributed by atoms with Crippen LogP contribution in [-0.2, 0) is 13.1 Å². The molecule has 0 atom stereocenters. The zero-order valence-electron chi connectivity index (χ0n) is 11.3. The fourth-order valence-corrected chi connectivity index (χ4v) is 1.96. The molecule has 0 spiro atoms. The summed E-state index contributed by atoms with van der Waals surface area (Å²) in [5.41, 5.74) is 3.23. The number of hydrogen-bond acceptors (Lipinski definition) is 3. The van der Waals surface area contributed by atoms with Crippen molar-refractivity contribution in [2.45, 2.75) is 26.9 Å². The number of nitrogens with zero attached hydrogens (tertiary/aromatic N) is 4. The van der Waals surface area contributed by atoms with Gasteiger partial charge in [-0.2, -0.15) is 10.2 Å². The molecule has 19 heavy (non-hydrogen) atoms. The van der Waals surface area contributed by atoms with Crippen molar-refractivity contribution in [3.8, 4) is 0 Å². The predicted molar refractivity (Wildman–Crippen MR) is 79.2 cm³/mol. The summed E-state index contributed by atoms with van der Waals surface area (Å²) in [5.74, 6) is 0. The molecule has 0 fully saturated rings. The molecule has 102 valence electrons. The van der Waals surface area contributed by atoms with E-state index in [1.54, 1.807) is 13.2 Å². The van der Waals surface area contributed by atoms with Gasteiger partial charge in [0.25, 0.3) is 0 Å². The summed E-state index contributed by atoms with van der Waals surface area (Å²) in [6.07, 6.45) is 5.57. The molecule has 2 N–H and O–H groups in total. The normalized spacial score (nSPS) is 10.5. The highest BCUT2D eigenvalue weighted by atomic mass is 32.1. The van der Waals surface area contributed by atoms with Crippen LogP contribution in [0.5, 0.6) is 0 Å². The van der Waals surface area contributed by atoms with Gasteiger partial charge in [0, 0.05) is 31.0 Å². The molecule has 0 radical (unpaired) electrons. The summed E-state index contributed by atoms with van der Waals surface area (Å²) in [7, 11) is 1.78. The zero-order chi connectivity index (χ0) is 13.8. The van der Waals surface area contributed by atoms with Gasteiger partial charge in [-0.3, -0.25) is 9.36 Å². The predicted octanol–water partition coefficient (Wildman–Crippen LogP) is 1.37. The smallest absolute Gasteiger partial charge is 0.170 e. The molecule has 0 saturated heterocycles. The van der Waals surface area contributed by atoms with Gasteiger partial charge >= 0.3 is 0 Å². The summed E-state index contributed by atoms with van der Waals surface area (Å²) in [4.78, 5) is 0. The maximum Gasteiger partial charge on any atom is 0.170 e. The van der Waals surface area contributed by atoms with Gasteiger partial charge in [0.05, 0.1) is 24.6 Å². The molecular weight excluding hydrogens is 260 g/mol. The average Bonchev–Trinajstić information content (AvgIpc) is 2.98. The molecule has 2 rings (SSSR count). The lowest BCUT2D eigenvalue weighted by atomic mass is 10.2. The van der Waals surface area contributed by atoms with Crippen LogP contribution < -0.4 is 10.6 Å². The maximum atomic E-state index is 5.04. The molecule has 0 saturated carbocycles. The lowest BCUT2D eigenvalue weighted by molar-refractivity contribution is 0.633. The van der Waals surface area contributed by atoms with E-state index in [-0.39, 0.29) is 0 Å². The van der Waals surface area contributed by atoms with Crippen molar-refractivity contribution >= 4 is 23.0 Å². The van der Waals surface area contributed by atoms with E-state index in [2.05, 4.69) is 34.7 Å². The first kappa shape index (κ1) is 13.5. The molecule has 0 aliphatic rings. The molecule has 2 heterocycles. The van der Waals surface area contributed by atoms with Gasteiger partial charge in [0.15, 0.2) is 5.11 Å². The summed E-state index contributed by atoms with van der Waals surface area (Å²) < 4.78 is 3.85. The number of anilines is 1. The Balaban J connectivity index is 2.07. The molecule has 0 bridgehead atoms. The molecule has 6 nitrogen and oxygen atoms in total. The van der Waals surface area contributed by atoms with E-state index in [9.17, 15) is 0 Å². The highest BCUT2D eigenvalue weighted by molar-refractivity contribution is 7.80. The standard InChI is InChI=1S/C12H18N6S/c1-4-18-9(2)10(5-15-18)7-17-8-11(6-14-17)16-12(19)13-3/h5-6,8H,4,7H2,1-3H3,(H2,13,16,19). The Bertz CT molecular complexity index is 571. The van der Waals surface area contributed by atoms with Crippen molar-refractivity contribution in [3.63, 3.8) is 0 Å². The van der Waals surface area contributed by atoms with Gasteiger partial charge in [0.1, 0.15) is 0 Å². The van der Waals surface area contributed by atoms with E-state index in [0.29, 0.717) is 11.7 Å². The molecule has 0 unspecified atom stereocenters. The third-order valence-corrected chi connectivity index (χ3v) is 3.26. The molecule has 0 aliphatic carbocycles. The van der Waals surface area contributed by atoms with E-state index in [4.69, 9.17) is 12.2 Å². The Morgan fingerprint density at radius 1 is 1.37 bits per heavy atom. The Morgan fingerprint density at radius 3 is 2.79 bits per heavy atom. The van der Waals surface area contributed by atoms with Crippen LogP contribution in [0.2, 0.25) is 0 Å². The Hall–Kier alpha value is -1.89. The van der Waals surface area contributed by atoms with E-state index in [1.807, 2.05) is 21.8 Å². The average molecular weight is 278 g/mol. The van der Waals surface area contributed by atoms with Crippen molar-refractivity contribution in [1.29, 1.82) is 0 Å². The summed E-state index contributed by atoms with van der Waals surface area (Å²) in [6.45, 7) is 5.75. The van der Waals surface area contributed by atoms with E-state index >= 15 is 0 Å². The highest BCUT2D eigenvalue weighted by Gasteiger charge is 2.07. The first-order valence-electron chi connectivity index (χ1n) is 6.16. The number of nitrogens with one attached hydrogen (secondary N) is 2. The van der Waals surface area contributed by atoms with Crippen LogP contribution in [0.15, 0.2) is 18.6 Å². The maximum absolute atomic E-state index is 5.04. The fourth-order valence-electron chi connectivity index (χ4n) is 1.84. The van der Waals surface area contributed by atoms with E-state index in [0.717, 1.165) is 12.2 Å². The Labute approximate surface area is 117 Å². The van der Waals surface area contributed by atoms with Gasteiger partial charge in [-0.15, -0.1) is 0 Å². The van der Waals surface area contributed by atoms with Crippen LogP contribution in [0.25, 0.3) is 0 Å².